The van der Waals surface area contributed by atoms with Gasteiger partial charge in [0.2, 0.25) is 0 Å². The lowest BCUT2D eigenvalue weighted by Crippen LogP contribution is -2.05. The van der Waals surface area contributed by atoms with Crippen LogP contribution in [-0.4, -0.2) is 18.8 Å². The Hall–Kier alpha value is -2.23. The molecule has 0 bridgehead atoms. The molecule has 0 saturated carbocycles. The van der Waals surface area contributed by atoms with Crippen LogP contribution in [0.25, 0.3) is 0 Å². The molecule has 4 heteroatoms. The number of hydrogen-bond donors (Lipinski definition) is 0. The smallest absolute Gasteiger partial charge is 0.337 e. The van der Waals surface area contributed by atoms with Crippen LogP contribution in [0.5, 0.6) is 0 Å². The van der Waals surface area contributed by atoms with Crippen molar-refractivity contribution in [3.8, 4) is 0 Å². The van der Waals surface area contributed by atoms with Gasteiger partial charge in [-0.3, -0.25) is 0 Å². The maximum Gasteiger partial charge on any atom is 0.337 e. The molecule has 0 amide bonds. The molecule has 0 aliphatic heterocycles. The summed E-state index contributed by atoms with van der Waals surface area (Å²) >= 11 is 8.11. The maximum atomic E-state index is 11.6. The number of thioether (sulfide) groups is 1. The van der Waals surface area contributed by atoms with Crippen molar-refractivity contribution in [3.05, 3.63) is 99.6 Å². The van der Waals surface area contributed by atoms with Crippen molar-refractivity contribution in [2.45, 2.75) is 43.9 Å². The van der Waals surface area contributed by atoms with Crippen molar-refractivity contribution in [1.29, 1.82) is 0 Å². The summed E-state index contributed by atoms with van der Waals surface area (Å²) in [5, 5.41) is 0.794. The van der Waals surface area contributed by atoms with Gasteiger partial charge in [-0.2, -0.15) is 0 Å². The van der Waals surface area contributed by atoms with Crippen LogP contribution in [0.2, 0.25) is 5.02 Å². The van der Waals surface area contributed by atoms with Gasteiger partial charge in [-0.25, -0.2) is 4.79 Å². The van der Waals surface area contributed by atoms with Gasteiger partial charge in [0.05, 0.1) is 12.7 Å². The lowest BCUT2D eigenvalue weighted by molar-refractivity contribution is 0.0600. The Kier molecular flexibility index (Phi) is 8.62. The number of ether oxygens (including phenoxy) is 1. The third kappa shape index (κ3) is 6.88. The zero-order valence-electron chi connectivity index (χ0n) is 18.4. The summed E-state index contributed by atoms with van der Waals surface area (Å²) < 4.78 is 4.76. The predicted molar refractivity (Wildman–Crippen MR) is 132 cm³/mol. The Morgan fingerprint density at radius 1 is 1.00 bits per heavy atom. The van der Waals surface area contributed by atoms with Crippen molar-refractivity contribution >= 4 is 29.3 Å². The second kappa shape index (κ2) is 11.4. The first-order valence-corrected chi connectivity index (χ1v) is 12.0. The Labute approximate surface area is 195 Å². The number of rotatable bonds is 9. The van der Waals surface area contributed by atoms with Crippen LogP contribution in [0, 0.1) is 13.8 Å². The summed E-state index contributed by atoms with van der Waals surface area (Å²) in [6, 6.07) is 22.7. The normalized spacial score (nSPS) is 11.9. The summed E-state index contributed by atoms with van der Waals surface area (Å²) in [5.41, 5.74) is 5.93. The van der Waals surface area contributed by atoms with E-state index in [1.807, 2.05) is 48.2 Å². The van der Waals surface area contributed by atoms with Gasteiger partial charge < -0.3 is 4.74 Å². The van der Waals surface area contributed by atoms with Crippen LogP contribution in [0.15, 0.2) is 71.6 Å². The molecule has 3 rings (SSSR count). The topological polar surface area (TPSA) is 26.3 Å². The largest absolute Gasteiger partial charge is 0.465 e. The van der Waals surface area contributed by atoms with E-state index in [1.165, 1.54) is 34.3 Å². The first-order valence-electron chi connectivity index (χ1n) is 10.6. The third-order valence-corrected chi connectivity index (χ3v) is 6.95. The lowest BCUT2D eigenvalue weighted by Gasteiger charge is -2.19. The van der Waals surface area contributed by atoms with E-state index in [4.69, 9.17) is 16.3 Å². The van der Waals surface area contributed by atoms with Gasteiger partial charge in [0.25, 0.3) is 0 Å². The van der Waals surface area contributed by atoms with Crippen LogP contribution in [0.1, 0.15) is 51.4 Å². The zero-order valence-corrected chi connectivity index (χ0v) is 19.9. The molecule has 0 spiro atoms. The Bertz CT molecular complexity index is 1010. The minimum absolute atomic E-state index is 0.299. The first-order chi connectivity index (χ1) is 15.0. The molecule has 1 atom stereocenters. The molecule has 0 radical (unpaired) electrons. The fraction of sp³-hybridized carbons (Fsp3) is 0.296. The van der Waals surface area contributed by atoms with Gasteiger partial charge in [-0.1, -0.05) is 41.9 Å². The number of hydrogen-bond acceptors (Lipinski definition) is 3. The first kappa shape index (κ1) is 23.4. The van der Waals surface area contributed by atoms with Crippen molar-refractivity contribution in [2.75, 3.05) is 12.9 Å². The number of carbonyl (C=O) groups excluding carboxylic acids is 1. The predicted octanol–water partition coefficient (Wildman–Crippen LogP) is 7.64. The number of benzene rings is 3. The highest BCUT2D eigenvalue weighted by molar-refractivity contribution is 7.99. The summed E-state index contributed by atoms with van der Waals surface area (Å²) in [4.78, 5) is 12.7. The van der Waals surface area contributed by atoms with Crippen molar-refractivity contribution < 1.29 is 9.53 Å². The molecule has 0 aliphatic carbocycles. The van der Waals surface area contributed by atoms with Crippen LogP contribution in [0.4, 0.5) is 0 Å². The maximum absolute atomic E-state index is 11.6. The number of aryl methyl sites for hydroxylation is 2. The summed E-state index contributed by atoms with van der Waals surface area (Å²) in [6.07, 6.45) is 3.21. The fourth-order valence-corrected chi connectivity index (χ4v) is 4.76. The molecule has 2 nitrogen and oxygen atoms in total. The molecule has 0 heterocycles. The average Bonchev–Trinajstić information content (AvgIpc) is 2.78. The summed E-state index contributed by atoms with van der Waals surface area (Å²) in [5.74, 6) is 1.16. The minimum Gasteiger partial charge on any atom is -0.465 e. The number of halogens is 1. The Balaban J connectivity index is 1.62. The van der Waals surface area contributed by atoms with E-state index in [2.05, 4.69) is 44.2 Å². The van der Waals surface area contributed by atoms with Gasteiger partial charge in [0.15, 0.2) is 0 Å². The number of esters is 1. The van der Waals surface area contributed by atoms with Crippen LogP contribution in [0.3, 0.4) is 0 Å². The fourth-order valence-electron chi connectivity index (χ4n) is 3.69. The van der Waals surface area contributed by atoms with Gasteiger partial charge in [-0.15, -0.1) is 11.8 Å². The second-order valence-electron chi connectivity index (χ2n) is 7.88. The Morgan fingerprint density at radius 3 is 2.45 bits per heavy atom. The van der Waals surface area contributed by atoms with Crippen LogP contribution in [-0.2, 0) is 11.2 Å². The lowest BCUT2D eigenvalue weighted by atomic mass is 9.87. The molecule has 0 aliphatic rings. The highest BCUT2D eigenvalue weighted by atomic mass is 35.5. The molecule has 0 fully saturated rings. The van der Waals surface area contributed by atoms with E-state index in [0.717, 1.165) is 30.0 Å². The summed E-state index contributed by atoms with van der Waals surface area (Å²) in [6.45, 7) is 4.33. The monoisotopic (exact) mass is 452 g/mol. The SMILES string of the molecule is COC(=O)c1ccc(SCCCC(Cc2ccc(C)c(C)c2)c2cccc(Cl)c2)cc1. The van der Waals surface area contributed by atoms with Crippen molar-refractivity contribution in [1.82, 2.24) is 0 Å². The van der Waals surface area contributed by atoms with Gasteiger partial charge in [0, 0.05) is 9.92 Å². The highest BCUT2D eigenvalue weighted by Gasteiger charge is 2.14. The van der Waals surface area contributed by atoms with Crippen molar-refractivity contribution in [3.63, 3.8) is 0 Å². The number of carbonyl (C=O) groups is 1. The highest BCUT2D eigenvalue weighted by Crippen LogP contribution is 2.30. The molecule has 31 heavy (non-hydrogen) atoms. The molecule has 3 aromatic carbocycles. The second-order valence-corrected chi connectivity index (χ2v) is 9.49. The Morgan fingerprint density at radius 2 is 1.77 bits per heavy atom. The van der Waals surface area contributed by atoms with Gasteiger partial charge >= 0.3 is 5.97 Å². The van der Waals surface area contributed by atoms with Crippen molar-refractivity contribution in [2.24, 2.45) is 0 Å². The van der Waals surface area contributed by atoms with E-state index in [0.29, 0.717) is 11.5 Å². The zero-order chi connectivity index (χ0) is 22.2. The molecular formula is C27H29ClO2S. The van der Waals surface area contributed by atoms with Crippen LogP contribution >= 0.6 is 23.4 Å². The minimum atomic E-state index is -0.299. The van der Waals surface area contributed by atoms with Gasteiger partial charge in [0.1, 0.15) is 0 Å². The molecule has 162 valence electrons. The third-order valence-electron chi connectivity index (χ3n) is 5.61. The van der Waals surface area contributed by atoms with E-state index in [1.54, 1.807) is 0 Å². The van der Waals surface area contributed by atoms with E-state index in [9.17, 15) is 4.79 Å². The van der Waals surface area contributed by atoms with E-state index >= 15 is 0 Å². The summed E-state index contributed by atoms with van der Waals surface area (Å²) in [7, 11) is 1.40. The van der Waals surface area contributed by atoms with Gasteiger partial charge in [-0.05, 0) is 103 Å². The molecule has 0 aromatic heterocycles. The standard InChI is InChI=1S/C27H29ClO2S/c1-19-9-10-21(16-20(19)2)17-23(24-6-4-8-25(28)18-24)7-5-15-31-26-13-11-22(12-14-26)27(29)30-3/h4,6,8-14,16,18,23H,5,7,15,17H2,1-3H3. The molecule has 1 unspecified atom stereocenters. The molecule has 3 aromatic rings. The van der Waals surface area contributed by atoms with Crippen LogP contribution < -0.4 is 0 Å². The average molecular weight is 453 g/mol. The molecule has 0 saturated heterocycles. The molecular weight excluding hydrogens is 424 g/mol. The quantitative estimate of drug-likeness (QED) is 0.189. The number of methoxy groups -OCH3 is 1. The van der Waals surface area contributed by atoms with E-state index in [-0.39, 0.29) is 5.97 Å². The van der Waals surface area contributed by atoms with E-state index < -0.39 is 0 Å². The molecule has 0 N–H and O–H groups in total.